The lowest BCUT2D eigenvalue weighted by atomic mass is 10.1. The Bertz CT molecular complexity index is 513. The van der Waals surface area contributed by atoms with E-state index in [2.05, 4.69) is 40.8 Å². The van der Waals surface area contributed by atoms with Crippen molar-refractivity contribution in [3.8, 4) is 0 Å². The molecule has 0 radical (unpaired) electrons. The Morgan fingerprint density at radius 3 is 2.83 bits per heavy atom. The molecule has 5 heteroatoms. The van der Waals surface area contributed by atoms with Crippen LogP contribution in [0.5, 0.6) is 0 Å². The number of para-hydroxylation sites is 1. The second kappa shape index (κ2) is 5.28. The molecule has 0 fully saturated rings. The van der Waals surface area contributed by atoms with Crippen LogP contribution in [0.1, 0.15) is 18.9 Å². The fraction of sp³-hybridized carbons (Fsp3) is 0.538. The van der Waals surface area contributed by atoms with Gasteiger partial charge in [0, 0.05) is 24.8 Å². The summed E-state index contributed by atoms with van der Waals surface area (Å²) in [6, 6.07) is 8.93. The lowest BCUT2D eigenvalue weighted by Gasteiger charge is -2.24. The van der Waals surface area contributed by atoms with Gasteiger partial charge in [0.15, 0.2) is 0 Å². The average molecular weight is 268 g/mol. The summed E-state index contributed by atoms with van der Waals surface area (Å²) < 4.78 is 24.5. The molecule has 0 saturated carbocycles. The monoisotopic (exact) mass is 268 g/mol. The number of nitrogens with zero attached hydrogens (tertiary/aromatic N) is 1. The molecule has 0 spiro atoms. The summed E-state index contributed by atoms with van der Waals surface area (Å²) >= 11 is 0. The zero-order valence-corrected chi connectivity index (χ0v) is 11.7. The van der Waals surface area contributed by atoms with Crippen LogP contribution < -0.4 is 9.62 Å². The van der Waals surface area contributed by atoms with Gasteiger partial charge in [-0.15, -0.1) is 0 Å². The first-order valence-electron chi connectivity index (χ1n) is 6.26. The van der Waals surface area contributed by atoms with E-state index in [-0.39, 0.29) is 0 Å². The maximum Gasteiger partial charge on any atom is 0.208 e. The molecule has 18 heavy (non-hydrogen) atoms. The van der Waals surface area contributed by atoms with E-state index in [0.29, 0.717) is 12.6 Å². The fourth-order valence-electron chi connectivity index (χ4n) is 2.48. The molecule has 0 aromatic heterocycles. The van der Waals surface area contributed by atoms with Gasteiger partial charge in [-0.2, -0.15) is 0 Å². The Morgan fingerprint density at radius 2 is 2.11 bits per heavy atom. The molecular formula is C13H20N2O2S. The Balaban J connectivity index is 1.90. The first kappa shape index (κ1) is 13.4. The van der Waals surface area contributed by atoms with Crippen molar-refractivity contribution in [2.75, 3.05) is 24.2 Å². The van der Waals surface area contributed by atoms with Crippen LogP contribution in [0.3, 0.4) is 0 Å². The minimum absolute atomic E-state index is 0.501. The van der Waals surface area contributed by atoms with Crippen molar-refractivity contribution in [1.82, 2.24) is 4.72 Å². The van der Waals surface area contributed by atoms with Crippen LogP contribution in [-0.2, 0) is 16.4 Å². The topological polar surface area (TPSA) is 49.4 Å². The lowest BCUT2D eigenvalue weighted by molar-refractivity contribution is 0.581. The van der Waals surface area contributed by atoms with Gasteiger partial charge in [0.2, 0.25) is 10.0 Å². The van der Waals surface area contributed by atoms with E-state index in [1.165, 1.54) is 17.5 Å². The van der Waals surface area contributed by atoms with Crippen molar-refractivity contribution in [3.63, 3.8) is 0 Å². The molecule has 1 atom stereocenters. The van der Waals surface area contributed by atoms with E-state index in [1.54, 1.807) is 0 Å². The summed E-state index contributed by atoms with van der Waals surface area (Å²) in [4.78, 5) is 2.36. The quantitative estimate of drug-likeness (QED) is 0.821. The van der Waals surface area contributed by atoms with Gasteiger partial charge in [-0.05, 0) is 31.4 Å². The van der Waals surface area contributed by atoms with E-state index in [1.807, 2.05) is 0 Å². The molecule has 1 N–H and O–H groups in total. The van der Waals surface area contributed by atoms with Crippen LogP contribution in [0.2, 0.25) is 0 Å². The molecule has 0 saturated heterocycles. The molecule has 1 heterocycles. The number of hydrogen-bond acceptors (Lipinski definition) is 3. The number of hydrogen-bond donors (Lipinski definition) is 1. The van der Waals surface area contributed by atoms with Crippen molar-refractivity contribution in [2.45, 2.75) is 25.8 Å². The molecule has 2 rings (SSSR count). The van der Waals surface area contributed by atoms with Crippen LogP contribution in [0.25, 0.3) is 0 Å². The maximum atomic E-state index is 11.0. The fourth-order valence-corrected chi connectivity index (χ4v) is 2.99. The second-order valence-electron chi connectivity index (χ2n) is 4.90. The van der Waals surface area contributed by atoms with Crippen molar-refractivity contribution < 1.29 is 8.42 Å². The molecule has 0 amide bonds. The summed E-state index contributed by atoms with van der Waals surface area (Å²) in [5, 5.41) is 0. The van der Waals surface area contributed by atoms with Crippen molar-refractivity contribution in [3.05, 3.63) is 29.8 Å². The predicted octanol–water partition coefficient (Wildman–Crippen LogP) is 1.38. The van der Waals surface area contributed by atoms with Crippen molar-refractivity contribution in [1.29, 1.82) is 0 Å². The molecule has 1 aliphatic heterocycles. The van der Waals surface area contributed by atoms with Gasteiger partial charge in [0.05, 0.1) is 6.26 Å². The number of anilines is 1. The highest BCUT2D eigenvalue weighted by Crippen LogP contribution is 2.31. The van der Waals surface area contributed by atoms with E-state index >= 15 is 0 Å². The number of benzene rings is 1. The molecular weight excluding hydrogens is 248 g/mol. The lowest BCUT2D eigenvalue weighted by Crippen LogP contribution is -2.33. The van der Waals surface area contributed by atoms with E-state index in [4.69, 9.17) is 0 Å². The molecule has 1 aromatic carbocycles. The van der Waals surface area contributed by atoms with Crippen LogP contribution in [0.15, 0.2) is 24.3 Å². The standard InChI is InChI=1S/C13H20N2O2S/c1-11-10-12-6-3-4-7-13(12)15(11)9-5-8-14-18(2,16)17/h3-4,6-7,11,14H,5,8-10H2,1-2H3/t11-/m0/s1. The van der Waals surface area contributed by atoms with Crippen LogP contribution in [0.4, 0.5) is 5.69 Å². The predicted molar refractivity (Wildman–Crippen MR) is 74.4 cm³/mol. The average Bonchev–Trinajstić information content (AvgIpc) is 2.59. The third-order valence-corrected chi connectivity index (χ3v) is 4.02. The molecule has 1 aromatic rings. The van der Waals surface area contributed by atoms with Crippen molar-refractivity contribution in [2.24, 2.45) is 0 Å². The minimum atomic E-state index is -3.06. The Morgan fingerprint density at radius 1 is 1.39 bits per heavy atom. The first-order chi connectivity index (χ1) is 8.47. The Kier molecular flexibility index (Phi) is 3.92. The number of rotatable bonds is 5. The highest BCUT2D eigenvalue weighted by molar-refractivity contribution is 7.88. The summed E-state index contributed by atoms with van der Waals surface area (Å²) in [5.41, 5.74) is 2.69. The highest BCUT2D eigenvalue weighted by atomic mass is 32.2. The smallest absolute Gasteiger partial charge is 0.208 e. The molecule has 0 aliphatic carbocycles. The van der Waals surface area contributed by atoms with Gasteiger partial charge >= 0.3 is 0 Å². The zero-order chi connectivity index (χ0) is 13.2. The van der Waals surface area contributed by atoms with Crippen LogP contribution in [-0.4, -0.2) is 33.8 Å². The summed E-state index contributed by atoms with van der Waals surface area (Å²) in [6.45, 7) is 3.61. The molecule has 0 unspecified atom stereocenters. The molecule has 100 valence electrons. The van der Waals surface area contributed by atoms with Gasteiger partial charge in [-0.25, -0.2) is 13.1 Å². The van der Waals surface area contributed by atoms with E-state index < -0.39 is 10.0 Å². The summed E-state index contributed by atoms with van der Waals surface area (Å²) in [7, 11) is -3.06. The van der Waals surface area contributed by atoms with Crippen LogP contribution >= 0.6 is 0 Å². The normalized spacial score (nSPS) is 19.0. The third kappa shape index (κ3) is 3.23. The summed E-state index contributed by atoms with van der Waals surface area (Å²) in [6.07, 6.45) is 3.10. The molecule has 1 aliphatic rings. The zero-order valence-electron chi connectivity index (χ0n) is 10.9. The molecule has 0 bridgehead atoms. The van der Waals surface area contributed by atoms with E-state index in [9.17, 15) is 8.42 Å². The number of fused-ring (bicyclic) bond motifs is 1. The van der Waals surface area contributed by atoms with E-state index in [0.717, 1.165) is 19.4 Å². The first-order valence-corrected chi connectivity index (χ1v) is 8.16. The highest BCUT2D eigenvalue weighted by Gasteiger charge is 2.24. The largest absolute Gasteiger partial charge is 0.368 e. The van der Waals surface area contributed by atoms with Gasteiger partial charge in [0.1, 0.15) is 0 Å². The SMILES string of the molecule is C[C@H]1Cc2ccccc2N1CCCNS(C)(=O)=O. The Hall–Kier alpha value is -1.07. The van der Waals surface area contributed by atoms with Crippen molar-refractivity contribution >= 4 is 15.7 Å². The minimum Gasteiger partial charge on any atom is -0.368 e. The van der Waals surface area contributed by atoms with Gasteiger partial charge in [-0.3, -0.25) is 0 Å². The van der Waals surface area contributed by atoms with Gasteiger partial charge < -0.3 is 4.90 Å². The van der Waals surface area contributed by atoms with Gasteiger partial charge in [0.25, 0.3) is 0 Å². The number of sulfonamides is 1. The summed E-state index contributed by atoms with van der Waals surface area (Å²) in [5.74, 6) is 0. The number of nitrogens with one attached hydrogen (secondary N) is 1. The third-order valence-electron chi connectivity index (χ3n) is 3.29. The maximum absolute atomic E-state index is 11.0. The van der Waals surface area contributed by atoms with Gasteiger partial charge in [-0.1, -0.05) is 18.2 Å². The second-order valence-corrected chi connectivity index (χ2v) is 6.73. The van der Waals surface area contributed by atoms with Crippen LogP contribution in [0, 0.1) is 0 Å². The molecule has 4 nitrogen and oxygen atoms in total. The Labute approximate surface area is 109 Å².